The predicted molar refractivity (Wildman–Crippen MR) is 103 cm³/mol. The van der Waals surface area contributed by atoms with Gasteiger partial charge in [0.2, 0.25) is 0 Å². The molecule has 24 heavy (non-hydrogen) atoms. The van der Waals surface area contributed by atoms with Crippen LogP contribution in [-0.4, -0.2) is 37.6 Å². The molecule has 2 unspecified atom stereocenters. The van der Waals surface area contributed by atoms with Gasteiger partial charge in [0.1, 0.15) is 5.60 Å². The SMILES string of the molecule is CC1CC1=S(N1CCCC12CC(C(=O)OC(C)(C)C)C2)C(C)(C)C. The number of ether oxygens (including phenoxy) is 1. The summed E-state index contributed by atoms with van der Waals surface area (Å²) in [6, 6.07) is 0. The minimum absolute atomic E-state index is 0.0167. The van der Waals surface area contributed by atoms with E-state index in [9.17, 15) is 4.79 Å². The fourth-order valence-corrected chi connectivity index (χ4v) is 7.85. The molecule has 3 aliphatic rings. The first-order chi connectivity index (χ1) is 10.9. The summed E-state index contributed by atoms with van der Waals surface area (Å²) in [5, 5.41) is 0. The third kappa shape index (κ3) is 3.46. The summed E-state index contributed by atoms with van der Waals surface area (Å²) in [5.74, 6) is 0.923. The summed E-state index contributed by atoms with van der Waals surface area (Å²) >= 11 is 0. The van der Waals surface area contributed by atoms with Crippen molar-refractivity contribution in [2.24, 2.45) is 11.8 Å². The van der Waals surface area contributed by atoms with E-state index >= 15 is 0 Å². The number of esters is 1. The first kappa shape index (κ1) is 18.4. The number of nitrogens with zero attached hydrogens (tertiary/aromatic N) is 1. The first-order valence-corrected chi connectivity index (χ1v) is 10.7. The first-order valence-electron chi connectivity index (χ1n) is 9.54. The summed E-state index contributed by atoms with van der Waals surface area (Å²) in [6.45, 7) is 16.6. The molecule has 3 fully saturated rings. The second-order valence-corrected chi connectivity index (χ2v) is 12.8. The Kier molecular flexibility index (Phi) is 4.48. The van der Waals surface area contributed by atoms with Crippen molar-refractivity contribution in [1.82, 2.24) is 4.31 Å². The van der Waals surface area contributed by atoms with Gasteiger partial charge in [0.05, 0.1) is 5.92 Å². The van der Waals surface area contributed by atoms with Gasteiger partial charge < -0.3 is 4.74 Å². The Morgan fingerprint density at radius 3 is 2.25 bits per heavy atom. The normalized spacial score (nSPS) is 36.5. The van der Waals surface area contributed by atoms with E-state index in [1.165, 1.54) is 25.8 Å². The highest BCUT2D eigenvalue weighted by atomic mass is 32.2. The van der Waals surface area contributed by atoms with Crippen LogP contribution < -0.4 is 0 Å². The van der Waals surface area contributed by atoms with E-state index < -0.39 is 0 Å². The minimum Gasteiger partial charge on any atom is -0.460 e. The summed E-state index contributed by atoms with van der Waals surface area (Å²) < 4.78 is 8.74. The maximum Gasteiger partial charge on any atom is 0.309 e. The zero-order valence-electron chi connectivity index (χ0n) is 16.6. The lowest BCUT2D eigenvalue weighted by atomic mass is 9.67. The molecule has 1 spiro atoms. The Hall–Kier alpha value is -0.350. The number of carbonyl (C=O) groups is 1. The van der Waals surface area contributed by atoms with Crippen molar-refractivity contribution < 1.29 is 9.53 Å². The van der Waals surface area contributed by atoms with Crippen LogP contribution >= 0.6 is 10.7 Å². The van der Waals surface area contributed by atoms with Gasteiger partial charge in [0.15, 0.2) is 0 Å². The molecule has 0 N–H and O–H groups in total. The van der Waals surface area contributed by atoms with Gasteiger partial charge in [0, 0.05) is 16.8 Å². The zero-order chi connectivity index (χ0) is 17.9. The van der Waals surface area contributed by atoms with Crippen LogP contribution in [-0.2, 0) is 9.53 Å². The third-order valence-corrected chi connectivity index (χ3v) is 8.71. The van der Waals surface area contributed by atoms with Crippen molar-refractivity contribution in [3.63, 3.8) is 0 Å². The highest BCUT2D eigenvalue weighted by Crippen LogP contribution is 2.58. The van der Waals surface area contributed by atoms with E-state index in [1.807, 2.05) is 20.8 Å². The summed E-state index contributed by atoms with van der Waals surface area (Å²) in [5.41, 5.74) is -0.0997. The van der Waals surface area contributed by atoms with E-state index in [4.69, 9.17) is 4.74 Å². The second kappa shape index (κ2) is 5.84. The molecule has 2 saturated carbocycles. The lowest BCUT2D eigenvalue weighted by molar-refractivity contribution is -0.167. The van der Waals surface area contributed by atoms with Gasteiger partial charge in [-0.05, 0) is 63.7 Å². The van der Waals surface area contributed by atoms with Crippen molar-refractivity contribution in [3.8, 4) is 0 Å². The van der Waals surface area contributed by atoms with Crippen LogP contribution in [0, 0.1) is 11.8 Å². The number of rotatable bonds is 2. The lowest BCUT2D eigenvalue weighted by Gasteiger charge is -2.53. The Bertz CT molecular complexity index is 561. The van der Waals surface area contributed by atoms with Gasteiger partial charge in [-0.1, -0.05) is 27.7 Å². The standard InChI is InChI=1S/C20H35NO2S/c1-14-11-16(14)24(19(5,6)7)21-10-8-9-20(21)12-15(13-20)17(22)23-18(2,3)4/h14-15H,8-13H2,1-7H3. The number of carbonyl (C=O) groups excluding carboxylic acids is 1. The molecule has 3 rings (SSSR count). The smallest absolute Gasteiger partial charge is 0.309 e. The third-order valence-electron chi connectivity index (χ3n) is 5.47. The highest BCUT2D eigenvalue weighted by molar-refractivity contribution is 8.15. The van der Waals surface area contributed by atoms with Crippen LogP contribution in [0.5, 0.6) is 0 Å². The van der Waals surface area contributed by atoms with Crippen molar-refractivity contribution in [2.75, 3.05) is 6.54 Å². The molecule has 138 valence electrons. The van der Waals surface area contributed by atoms with Crippen LogP contribution in [0.1, 0.15) is 80.6 Å². The van der Waals surface area contributed by atoms with Crippen molar-refractivity contribution in [1.29, 1.82) is 0 Å². The molecule has 0 amide bonds. The van der Waals surface area contributed by atoms with Gasteiger partial charge in [-0.3, -0.25) is 4.79 Å². The van der Waals surface area contributed by atoms with Crippen LogP contribution in [0.15, 0.2) is 0 Å². The fraction of sp³-hybridized carbons (Fsp3) is 0.900. The molecule has 0 radical (unpaired) electrons. The number of hydrogen-bond acceptors (Lipinski definition) is 3. The van der Waals surface area contributed by atoms with Crippen LogP contribution in [0.2, 0.25) is 0 Å². The molecule has 1 saturated heterocycles. The Morgan fingerprint density at radius 2 is 1.79 bits per heavy atom. The molecule has 1 heterocycles. The minimum atomic E-state index is -0.371. The summed E-state index contributed by atoms with van der Waals surface area (Å²) in [6.07, 6.45) is 5.85. The monoisotopic (exact) mass is 353 g/mol. The number of hydrogen-bond donors (Lipinski definition) is 0. The maximum absolute atomic E-state index is 12.4. The van der Waals surface area contributed by atoms with E-state index in [2.05, 4.69) is 32.0 Å². The van der Waals surface area contributed by atoms with Crippen LogP contribution in [0.3, 0.4) is 0 Å². The average Bonchev–Trinajstić information content (AvgIpc) is 2.89. The van der Waals surface area contributed by atoms with Crippen LogP contribution in [0.4, 0.5) is 0 Å². The zero-order valence-corrected chi connectivity index (χ0v) is 17.4. The molecule has 0 bridgehead atoms. The van der Waals surface area contributed by atoms with E-state index in [1.54, 1.807) is 4.86 Å². The van der Waals surface area contributed by atoms with Crippen molar-refractivity contribution in [3.05, 3.63) is 0 Å². The largest absolute Gasteiger partial charge is 0.460 e. The van der Waals surface area contributed by atoms with Gasteiger partial charge in [-0.2, -0.15) is 0 Å². The predicted octanol–water partition coefficient (Wildman–Crippen LogP) is 4.77. The van der Waals surface area contributed by atoms with Crippen molar-refractivity contribution in [2.45, 2.75) is 96.5 Å². The lowest BCUT2D eigenvalue weighted by Crippen LogP contribution is -2.55. The Balaban J connectivity index is 1.75. The second-order valence-electron chi connectivity index (χ2n) is 10.0. The van der Waals surface area contributed by atoms with E-state index in [-0.39, 0.29) is 33.7 Å². The molecule has 0 aromatic rings. The molecular weight excluding hydrogens is 318 g/mol. The maximum atomic E-state index is 12.4. The van der Waals surface area contributed by atoms with Gasteiger partial charge >= 0.3 is 5.97 Å². The molecule has 0 aromatic carbocycles. The molecule has 2 atom stereocenters. The molecule has 1 aliphatic heterocycles. The fourth-order valence-electron chi connectivity index (χ4n) is 4.39. The molecular formula is C20H35NO2S. The van der Waals surface area contributed by atoms with Crippen molar-refractivity contribution >= 4 is 21.5 Å². The van der Waals surface area contributed by atoms with Gasteiger partial charge in [-0.25, -0.2) is 4.31 Å². The molecule has 3 nitrogen and oxygen atoms in total. The van der Waals surface area contributed by atoms with Gasteiger partial charge in [-0.15, -0.1) is 10.7 Å². The molecule has 0 aromatic heterocycles. The average molecular weight is 354 g/mol. The highest BCUT2D eigenvalue weighted by Gasteiger charge is 2.56. The summed E-state index contributed by atoms with van der Waals surface area (Å²) in [7, 11) is 0.245. The van der Waals surface area contributed by atoms with E-state index in [0.717, 1.165) is 18.8 Å². The van der Waals surface area contributed by atoms with Gasteiger partial charge in [0.25, 0.3) is 0 Å². The quantitative estimate of drug-likeness (QED) is 0.529. The topological polar surface area (TPSA) is 29.5 Å². The molecule has 4 heteroatoms. The molecule has 2 aliphatic carbocycles. The Labute approximate surface area is 150 Å². The van der Waals surface area contributed by atoms with E-state index in [0.29, 0.717) is 4.75 Å². The Morgan fingerprint density at radius 1 is 1.21 bits per heavy atom. The van der Waals surface area contributed by atoms with Crippen LogP contribution in [0.25, 0.3) is 0 Å². The summed E-state index contributed by atoms with van der Waals surface area (Å²) in [4.78, 5) is 14.2.